The van der Waals surface area contributed by atoms with Crippen LogP contribution in [-0.4, -0.2) is 34.3 Å². The van der Waals surface area contributed by atoms with Gasteiger partial charge in [0.25, 0.3) is 5.91 Å². The summed E-state index contributed by atoms with van der Waals surface area (Å²) in [6, 6.07) is 15.7. The number of para-hydroxylation sites is 1. The van der Waals surface area contributed by atoms with Gasteiger partial charge in [-0.15, -0.1) is 11.3 Å². The van der Waals surface area contributed by atoms with E-state index in [9.17, 15) is 14.4 Å². The van der Waals surface area contributed by atoms with Crippen molar-refractivity contribution in [2.75, 3.05) is 6.61 Å². The number of hydrogen-bond donors (Lipinski definition) is 2. The average Bonchev–Trinajstić information content (AvgIpc) is 3.57. The van der Waals surface area contributed by atoms with Crippen molar-refractivity contribution in [3.05, 3.63) is 83.8 Å². The third kappa shape index (κ3) is 5.10. The number of aromatic nitrogens is 2. The fourth-order valence-corrected chi connectivity index (χ4v) is 3.55. The van der Waals surface area contributed by atoms with Gasteiger partial charge in [-0.25, -0.2) is 14.3 Å². The summed E-state index contributed by atoms with van der Waals surface area (Å²) in [5.41, 5.74) is 1.44. The summed E-state index contributed by atoms with van der Waals surface area (Å²) in [6.45, 7) is -0.498. The Morgan fingerprint density at radius 2 is 1.91 bits per heavy atom. The predicted molar refractivity (Wildman–Crippen MR) is 116 cm³/mol. The van der Waals surface area contributed by atoms with Gasteiger partial charge in [-0.1, -0.05) is 24.3 Å². The first-order chi connectivity index (χ1) is 15.6. The second-order valence-electron chi connectivity index (χ2n) is 6.54. The van der Waals surface area contributed by atoms with Crippen molar-refractivity contribution in [3.8, 4) is 16.3 Å². The quantitative estimate of drug-likeness (QED) is 0.417. The van der Waals surface area contributed by atoms with Gasteiger partial charge in [-0.2, -0.15) is 5.10 Å². The molecule has 1 aromatic carbocycles. The number of imide groups is 1. The monoisotopic (exact) mass is 450 g/mol. The van der Waals surface area contributed by atoms with Crippen LogP contribution in [0, 0.1) is 0 Å². The van der Waals surface area contributed by atoms with Crippen LogP contribution in [-0.2, 0) is 16.1 Å². The number of carbonyl (C=O) groups is 3. The van der Waals surface area contributed by atoms with E-state index < -0.39 is 24.5 Å². The molecule has 3 amide bonds. The highest BCUT2D eigenvalue weighted by Gasteiger charge is 2.22. The van der Waals surface area contributed by atoms with Gasteiger partial charge >= 0.3 is 12.0 Å². The number of thiophene rings is 1. The highest BCUT2D eigenvalue weighted by Crippen LogP contribution is 2.28. The minimum absolute atomic E-state index is 0.120. The first-order valence-corrected chi connectivity index (χ1v) is 10.4. The number of benzene rings is 1. The third-order valence-corrected chi connectivity index (χ3v) is 5.18. The van der Waals surface area contributed by atoms with Crippen molar-refractivity contribution in [1.29, 1.82) is 0 Å². The Labute approximate surface area is 186 Å². The van der Waals surface area contributed by atoms with Gasteiger partial charge in [-0.05, 0) is 35.7 Å². The molecule has 32 heavy (non-hydrogen) atoms. The lowest BCUT2D eigenvalue weighted by Crippen LogP contribution is -2.41. The lowest BCUT2D eigenvalue weighted by atomic mass is 10.2. The molecule has 0 bridgehead atoms. The summed E-state index contributed by atoms with van der Waals surface area (Å²) in [5.74, 6) is -0.944. The summed E-state index contributed by atoms with van der Waals surface area (Å²) in [7, 11) is 0. The molecular formula is C22H18N4O5S. The number of carbonyl (C=O) groups excluding carboxylic acids is 3. The number of amides is 3. The van der Waals surface area contributed by atoms with E-state index in [1.165, 1.54) is 17.6 Å². The predicted octanol–water partition coefficient (Wildman–Crippen LogP) is 3.38. The van der Waals surface area contributed by atoms with Crippen LogP contribution >= 0.6 is 11.3 Å². The number of rotatable bonds is 7. The summed E-state index contributed by atoms with van der Waals surface area (Å²) in [5, 5.41) is 11.0. The SMILES string of the molecule is O=C(COC(=O)c1cn(-c2ccccc2)nc1-c1cccs1)NC(=O)NCc1ccco1. The fourth-order valence-electron chi connectivity index (χ4n) is 2.83. The van der Waals surface area contributed by atoms with Crippen LogP contribution in [0.15, 0.2) is 76.9 Å². The molecule has 10 heteroatoms. The van der Waals surface area contributed by atoms with E-state index in [2.05, 4.69) is 15.7 Å². The Morgan fingerprint density at radius 3 is 2.62 bits per heavy atom. The van der Waals surface area contributed by atoms with E-state index in [0.29, 0.717) is 11.5 Å². The molecule has 4 aromatic rings. The second kappa shape index (κ2) is 9.75. The van der Waals surface area contributed by atoms with Crippen LogP contribution in [0.2, 0.25) is 0 Å². The number of furan rings is 1. The smallest absolute Gasteiger partial charge is 0.342 e. The molecule has 0 fully saturated rings. The number of ether oxygens (including phenoxy) is 1. The summed E-state index contributed by atoms with van der Waals surface area (Å²) in [4.78, 5) is 37.3. The van der Waals surface area contributed by atoms with Crippen LogP contribution < -0.4 is 10.6 Å². The van der Waals surface area contributed by atoms with Crippen molar-refractivity contribution in [2.45, 2.75) is 6.54 Å². The number of urea groups is 1. The van der Waals surface area contributed by atoms with Gasteiger partial charge in [0, 0.05) is 6.20 Å². The number of nitrogens with zero attached hydrogens (tertiary/aromatic N) is 2. The molecule has 0 spiro atoms. The van der Waals surface area contributed by atoms with Crippen LogP contribution in [0.25, 0.3) is 16.3 Å². The minimum atomic E-state index is -0.761. The Balaban J connectivity index is 1.39. The van der Waals surface area contributed by atoms with E-state index in [4.69, 9.17) is 9.15 Å². The Bertz CT molecular complexity index is 1200. The number of hydrogen-bond acceptors (Lipinski definition) is 7. The van der Waals surface area contributed by atoms with Gasteiger partial charge in [-0.3, -0.25) is 10.1 Å². The topological polar surface area (TPSA) is 115 Å². The van der Waals surface area contributed by atoms with Crippen LogP contribution in [0.5, 0.6) is 0 Å². The molecule has 0 aliphatic rings. The third-order valence-electron chi connectivity index (χ3n) is 4.30. The van der Waals surface area contributed by atoms with Crippen LogP contribution in [0.4, 0.5) is 4.79 Å². The van der Waals surface area contributed by atoms with Gasteiger partial charge in [0.15, 0.2) is 6.61 Å². The Hall–Kier alpha value is -4.18. The molecule has 0 unspecified atom stereocenters. The Morgan fingerprint density at radius 1 is 1.06 bits per heavy atom. The maximum absolute atomic E-state index is 12.7. The van der Waals surface area contributed by atoms with Crippen LogP contribution in [0.3, 0.4) is 0 Å². The number of esters is 1. The maximum Gasteiger partial charge on any atom is 0.342 e. The molecule has 2 N–H and O–H groups in total. The molecule has 0 saturated heterocycles. The summed E-state index contributed by atoms with van der Waals surface area (Å²) < 4.78 is 11.8. The average molecular weight is 450 g/mol. The summed E-state index contributed by atoms with van der Waals surface area (Å²) >= 11 is 1.43. The zero-order chi connectivity index (χ0) is 22.3. The standard InChI is InChI=1S/C22H18N4O5S/c27-19(24-22(29)23-12-16-8-4-10-30-16)14-31-21(28)17-13-26(15-6-2-1-3-7-15)25-20(17)18-9-5-11-32-18/h1-11,13H,12,14H2,(H2,23,24,27,29). The molecule has 0 aliphatic carbocycles. The first kappa shape index (κ1) is 21.1. The molecule has 9 nitrogen and oxygen atoms in total. The molecule has 3 aromatic heterocycles. The molecule has 0 aliphatic heterocycles. The van der Waals surface area contributed by atoms with Crippen molar-refractivity contribution in [3.63, 3.8) is 0 Å². The van der Waals surface area contributed by atoms with E-state index in [1.807, 2.05) is 47.8 Å². The molecule has 0 radical (unpaired) electrons. The van der Waals surface area contributed by atoms with Gasteiger partial charge in [0.05, 0.1) is 23.4 Å². The normalized spacial score (nSPS) is 10.5. The van der Waals surface area contributed by atoms with Crippen LogP contribution in [0.1, 0.15) is 16.1 Å². The lowest BCUT2D eigenvalue weighted by molar-refractivity contribution is -0.123. The molecular weight excluding hydrogens is 432 g/mol. The van der Waals surface area contributed by atoms with Crippen molar-refractivity contribution >= 4 is 29.2 Å². The molecule has 0 saturated carbocycles. The van der Waals surface area contributed by atoms with E-state index in [1.54, 1.807) is 23.0 Å². The second-order valence-corrected chi connectivity index (χ2v) is 7.48. The van der Waals surface area contributed by atoms with E-state index in [0.717, 1.165) is 10.6 Å². The zero-order valence-corrected chi connectivity index (χ0v) is 17.5. The van der Waals surface area contributed by atoms with Gasteiger partial charge in [0.2, 0.25) is 0 Å². The number of nitrogens with one attached hydrogen (secondary N) is 2. The van der Waals surface area contributed by atoms with Gasteiger partial charge < -0.3 is 14.5 Å². The summed E-state index contributed by atoms with van der Waals surface area (Å²) in [6.07, 6.45) is 3.03. The highest BCUT2D eigenvalue weighted by atomic mass is 32.1. The fraction of sp³-hybridized carbons (Fsp3) is 0.0909. The molecule has 4 rings (SSSR count). The highest BCUT2D eigenvalue weighted by molar-refractivity contribution is 7.13. The van der Waals surface area contributed by atoms with E-state index in [-0.39, 0.29) is 12.1 Å². The molecule has 3 heterocycles. The van der Waals surface area contributed by atoms with Crippen molar-refractivity contribution in [2.24, 2.45) is 0 Å². The molecule has 162 valence electrons. The lowest BCUT2D eigenvalue weighted by Gasteiger charge is -2.06. The van der Waals surface area contributed by atoms with Gasteiger partial charge in [0.1, 0.15) is 17.0 Å². The zero-order valence-electron chi connectivity index (χ0n) is 16.7. The largest absolute Gasteiger partial charge is 0.467 e. The van der Waals surface area contributed by atoms with E-state index >= 15 is 0 Å². The molecule has 0 atom stereocenters. The maximum atomic E-state index is 12.7. The Kier molecular flexibility index (Phi) is 6.42. The van der Waals surface area contributed by atoms with Crippen molar-refractivity contribution < 1.29 is 23.5 Å². The van der Waals surface area contributed by atoms with Crippen molar-refractivity contribution in [1.82, 2.24) is 20.4 Å². The first-order valence-electron chi connectivity index (χ1n) is 9.56. The minimum Gasteiger partial charge on any atom is -0.467 e.